The van der Waals surface area contributed by atoms with Gasteiger partial charge in [0.05, 0.1) is 5.52 Å². The van der Waals surface area contributed by atoms with Gasteiger partial charge in [-0.05, 0) is 43.9 Å². The zero-order valence-electron chi connectivity index (χ0n) is 17.5. The molecule has 3 heterocycles. The average molecular weight is 409 g/mol. The number of hydrogen-bond acceptors (Lipinski definition) is 5. The number of rotatable bonds is 4. The van der Waals surface area contributed by atoms with Crippen LogP contribution in [0.3, 0.4) is 0 Å². The lowest BCUT2D eigenvalue weighted by molar-refractivity contribution is 0.424. The molecule has 1 saturated heterocycles. The summed E-state index contributed by atoms with van der Waals surface area (Å²) in [6.45, 7) is 1.82. The number of nitrogens with one attached hydrogen (secondary N) is 1. The second kappa shape index (κ2) is 8.20. The summed E-state index contributed by atoms with van der Waals surface area (Å²) < 4.78 is 14.0. The van der Waals surface area contributed by atoms with Crippen molar-refractivity contribution in [3.05, 3.63) is 42.1 Å². The molecule has 6 nitrogen and oxygen atoms in total. The molecule has 0 atom stereocenters. The molecule has 0 bridgehead atoms. The quantitative estimate of drug-likeness (QED) is 0.681. The van der Waals surface area contributed by atoms with Gasteiger partial charge >= 0.3 is 0 Å². The molecule has 0 radical (unpaired) electrons. The van der Waals surface area contributed by atoms with Crippen LogP contribution in [0, 0.1) is 5.82 Å². The Morgan fingerprint density at radius 1 is 1.03 bits per heavy atom. The number of anilines is 2. The second-order valence-electron chi connectivity index (χ2n) is 8.64. The monoisotopic (exact) mass is 408 g/mol. The van der Waals surface area contributed by atoms with Crippen LogP contribution in [0.25, 0.3) is 11.0 Å². The van der Waals surface area contributed by atoms with E-state index >= 15 is 0 Å². The van der Waals surface area contributed by atoms with Crippen LogP contribution in [-0.4, -0.2) is 46.1 Å². The Kier molecular flexibility index (Phi) is 5.27. The highest BCUT2D eigenvalue weighted by Gasteiger charge is 2.25. The molecule has 3 aromatic rings. The third-order valence-corrected chi connectivity index (χ3v) is 6.75. The van der Waals surface area contributed by atoms with E-state index in [-0.39, 0.29) is 5.82 Å². The van der Waals surface area contributed by atoms with E-state index in [1.807, 2.05) is 18.3 Å². The number of piperidine rings is 1. The van der Waals surface area contributed by atoms with Crippen molar-refractivity contribution in [1.29, 1.82) is 0 Å². The summed E-state index contributed by atoms with van der Waals surface area (Å²) in [5, 5.41) is 0. The predicted octanol–water partition coefficient (Wildman–Crippen LogP) is 4.64. The van der Waals surface area contributed by atoms with Gasteiger partial charge < -0.3 is 14.8 Å². The molecule has 1 aliphatic carbocycles. The molecule has 1 N–H and O–H groups in total. The summed E-state index contributed by atoms with van der Waals surface area (Å²) in [4.78, 5) is 21.9. The molecular formula is C23H29FN6. The summed E-state index contributed by atoms with van der Waals surface area (Å²) >= 11 is 0. The van der Waals surface area contributed by atoms with Crippen molar-refractivity contribution >= 4 is 22.8 Å². The Morgan fingerprint density at radius 3 is 2.60 bits per heavy atom. The Balaban J connectivity index is 1.26. The molecule has 158 valence electrons. The van der Waals surface area contributed by atoms with Gasteiger partial charge in [0.1, 0.15) is 17.2 Å². The minimum Gasteiger partial charge on any atom is -0.356 e. The van der Waals surface area contributed by atoms with E-state index in [2.05, 4.69) is 31.8 Å². The molecule has 2 fully saturated rings. The lowest BCUT2D eigenvalue weighted by Gasteiger charge is -2.34. The van der Waals surface area contributed by atoms with Gasteiger partial charge in [-0.2, -0.15) is 4.98 Å². The van der Waals surface area contributed by atoms with Gasteiger partial charge in [-0.15, -0.1) is 0 Å². The largest absolute Gasteiger partial charge is 0.356 e. The number of para-hydroxylation sites is 1. The van der Waals surface area contributed by atoms with Crippen LogP contribution in [0.5, 0.6) is 0 Å². The van der Waals surface area contributed by atoms with Crippen LogP contribution in [0.4, 0.5) is 16.2 Å². The molecule has 1 aliphatic heterocycles. The van der Waals surface area contributed by atoms with Gasteiger partial charge in [-0.1, -0.05) is 25.3 Å². The van der Waals surface area contributed by atoms with E-state index in [1.54, 1.807) is 6.07 Å². The Bertz CT molecular complexity index is 1000. The number of hydrogen-bond donors (Lipinski definition) is 1. The summed E-state index contributed by atoms with van der Waals surface area (Å²) in [5.41, 5.74) is 1.22. The Morgan fingerprint density at radius 2 is 1.83 bits per heavy atom. The van der Waals surface area contributed by atoms with E-state index < -0.39 is 0 Å². The van der Waals surface area contributed by atoms with Gasteiger partial charge in [0.2, 0.25) is 5.95 Å². The lowest BCUT2D eigenvalue weighted by Crippen LogP contribution is -2.36. The summed E-state index contributed by atoms with van der Waals surface area (Å²) in [6, 6.07) is 7.63. The van der Waals surface area contributed by atoms with Crippen LogP contribution < -0.4 is 9.80 Å². The standard InChI is InChI=1S/C23H29FN6/c1-29(17-6-3-2-4-7-17)23-25-13-10-20(27-23)30-14-11-16(12-15-30)22-26-19-9-5-8-18(24)21(19)28-22/h5,8-10,13,16-17H,2-4,6-7,11-12,14-15H2,1H3,(H,26,28). The minimum atomic E-state index is -0.261. The van der Waals surface area contributed by atoms with E-state index in [0.717, 1.165) is 49.0 Å². The van der Waals surface area contributed by atoms with Crippen molar-refractivity contribution in [1.82, 2.24) is 19.9 Å². The molecule has 2 aromatic heterocycles. The number of fused-ring (bicyclic) bond motifs is 1. The molecule has 7 heteroatoms. The highest BCUT2D eigenvalue weighted by molar-refractivity contribution is 5.75. The van der Waals surface area contributed by atoms with E-state index in [4.69, 9.17) is 4.98 Å². The number of benzene rings is 1. The van der Waals surface area contributed by atoms with Crippen molar-refractivity contribution in [2.45, 2.75) is 56.9 Å². The molecule has 30 heavy (non-hydrogen) atoms. The fourth-order valence-corrected chi connectivity index (χ4v) is 4.91. The highest BCUT2D eigenvalue weighted by Crippen LogP contribution is 2.31. The van der Waals surface area contributed by atoms with Crippen LogP contribution in [0.15, 0.2) is 30.5 Å². The first-order chi connectivity index (χ1) is 14.7. The van der Waals surface area contributed by atoms with Gasteiger partial charge in [-0.25, -0.2) is 14.4 Å². The van der Waals surface area contributed by atoms with Crippen LogP contribution in [0.1, 0.15) is 56.7 Å². The van der Waals surface area contributed by atoms with E-state index in [0.29, 0.717) is 17.5 Å². The summed E-state index contributed by atoms with van der Waals surface area (Å²) in [7, 11) is 2.13. The smallest absolute Gasteiger partial charge is 0.227 e. The normalized spacial score (nSPS) is 18.8. The summed E-state index contributed by atoms with van der Waals surface area (Å²) in [6.07, 6.45) is 10.2. The zero-order valence-corrected chi connectivity index (χ0v) is 17.5. The number of aromatic amines is 1. The van der Waals surface area contributed by atoms with E-state index in [1.165, 1.54) is 38.2 Å². The van der Waals surface area contributed by atoms with Gasteiger partial charge in [0.25, 0.3) is 0 Å². The molecule has 1 saturated carbocycles. The maximum atomic E-state index is 14.0. The fraction of sp³-hybridized carbons (Fsp3) is 0.522. The molecule has 2 aliphatic rings. The van der Waals surface area contributed by atoms with Crippen molar-refractivity contribution in [2.24, 2.45) is 0 Å². The van der Waals surface area contributed by atoms with Gasteiger partial charge in [-0.3, -0.25) is 0 Å². The van der Waals surface area contributed by atoms with Gasteiger partial charge in [0.15, 0.2) is 5.82 Å². The van der Waals surface area contributed by atoms with Crippen LogP contribution in [0.2, 0.25) is 0 Å². The van der Waals surface area contributed by atoms with Crippen molar-refractivity contribution in [2.75, 3.05) is 29.9 Å². The lowest BCUT2D eigenvalue weighted by atomic mass is 9.95. The average Bonchev–Trinajstić information content (AvgIpc) is 3.25. The third-order valence-electron chi connectivity index (χ3n) is 6.75. The molecule has 0 unspecified atom stereocenters. The summed E-state index contributed by atoms with van der Waals surface area (Å²) in [5.74, 6) is 2.78. The molecule has 0 amide bonds. The fourth-order valence-electron chi connectivity index (χ4n) is 4.91. The topological polar surface area (TPSA) is 60.9 Å². The van der Waals surface area contributed by atoms with Crippen molar-refractivity contribution < 1.29 is 4.39 Å². The first kappa shape index (κ1) is 19.3. The van der Waals surface area contributed by atoms with Gasteiger partial charge in [0, 0.05) is 38.3 Å². The number of halogens is 1. The molecule has 0 spiro atoms. The minimum absolute atomic E-state index is 0.261. The third kappa shape index (κ3) is 3.73. The van der Waals surface area contributed by atoms with E-state index in [9.17, 15) is 4.39 Å². The predicted molar refractivity (Wildman–Crippen MR) is 118 cm³/mol. The molecular weight excluding hydrogens is 379 g/mol. The highest BCUT2D eigenvalue weighted by atomic mass is 19.1. The SMILES string of the molecule is CN(c1nccc(N2CCC(c3nc4c(F)cccc4[nH]3)CC2)n1)C1CCCCC1. The zero-order chi connectivity index (χ0) is 20.5. The van der Waals surface area contributed by atoms with Crippen molar-refractivity contribution in [3.8, 4) is 0 Å². The number of nitrogens with zero attached hydrogens (tertiary/aromatic N) is 5. The first-order valence-electron chi connectivity index (χ1n) is 11.1. The Labute approximate surface area is 176 Å². The number of imidazole rings is 1. The first-order valence-corrected chi connectivity index (χ1v) is 11.1. The second-order valence-corrected chi connectivity index (χ2v) is 8.64. The van der Waals surface area contributed by atoms with Crippen LogP contribution in [-0.2, 0) is 0 Å². The maximum absolute atomic E-state index is 14.0. The number of aromatic nitrogens is 4. The van der Waals surface area contributed by atoms with Crippen LogP contribution >= 0.6 is 0 Å². The maximum Gasteiger partial charge on any atom is 0.227 e. The molecule has 1 aromatic carbocycles. The number of H-pyrrole nitrogens is 1. The van der Waals surface area contributed by atoms with Crippen molar-refractivity contribution in [3.63, 3.8) is 0 Å². The molecule has 5 rings (SSSR count). The Hall–Kier alpha value is -2.70.